The molecule has 0 bridgehead atoms. The number of primary sulfonamides is 1. The highest BCUT2D eigenvalue weighted by Crippen LogP contribution is 2.25. The van der Waals surface area contributed by atoms with Crippen LogP contribution in [0.1, 0.15) is 5.56 Å². The fourth-order valence-electron chi connectivity index (χ4n) is 0.984. The van der Waals surface area contributed by atoms with Gasteiger partial charge in [-0.2, -0.15) is 0 Å². The lowest BCUT2D eigenvalue weighted by Gasteiger charge is -2.05. The van der Waals surface area contributed by atoms with Crippen molar-refractivity contribution < 1.29 is 12.8 Å². The van der Waals surface area contributed by atoms with Crippen LogP contribution in [0.5, 0.6) is 0 Å². The highest BCUT2D eigenvalue weighted by Gasteiger charge is 2.18. The summed E-state index contributed by atoms with van der Waals surface area (Å²) < 4.78 is 34.8. The normalized spacial score (nSPS) is 11.7. The third-order valence-electron chi connectivity index (χ3n) is 1.58. The van der Waals surface area contributed by atoms with Crippen LogP contribution in [0.15, 0.2) is 17.0 Å². The molecule has 0 saturated heterocycles. The third kappa shape index (κ3) is 1.99. The van der Waals surface area contributed by atoms with E-state index in [-0.39, 0.29) is 15.5 Å². The molecule has 0 radical (unpaired) electrons. The van der Waals surface area contributed by atoms with E-state index in [2.05, 4.69) is 0 Å². The second-order valence-electron chi connectivity index (χ2n) is 2.53. The van der Waals surface area contributed by atoms with E-state index in [9.17, 15) is 12.8 Å². The number of halogens is 2. The quantitative estimate of drug-likeness (QED) is 0.783. The maximum absolute atomic E-state index is 12.9. The molecule has 2 N–H and O–H groups in total. The molecular formula is C7H7ClFNO2S. The minimum absolute atomic E-state index is 0.0602. The number of benzene rings is 1. The third-order valence-corrected chi connectivity index (χ3v) is 3.10. The van der Waals surface area contributed by atoms with Gasteiger partial charge >= 0.3 is 0 Å². The largest absolute Gasteiger partial charge is 0.239 e. The first kappa shape index (κ1) is 10.4. The fraction of sp³-hybridized carbons (Fsp3) is 0.143. The molecule has 1 aromatic carbocycles. The van der Waals surface area contributed by atoms with Gasteiger partial charge in [0, 0.05) is 5.56 Å². The summed E-state index contributed by atoms with van der Waals surface area (Å²) in [5, 5.41) is 4.78. The highest BCUT2D eigenvalue weighted by atomic mass is 35.5. The number of hydrogen-bond acceptors (Lipinski definition) is 2. The summed E-state index contributed by atoms with van der Waals surface area (Å²) >= 11 is 5.56. The second-order valence-corrected chi connectivity index (χ2v) is 4.43. The molecular weight excluding hydrogens is 217 g/mol. The van der Waals surface area contributed by atoms with E-state index in [1.807, 2.05) is 0 Å². The lowest BCUT2D eigenvalue weighted by Crippen LogP contribution is -2.15. The van der Waals surface area contributed by atoms with Crippen LogP contribution in [0, 0.1) is 12.7 Å². The Hall–Kier alpha value is -0.650. The molecule has 0 fully saturated rings. The van der Waals surface area contributed by atoms with E-state index in [1.165, 1.54) is 6.92 Å². The lowest BCUT2D eigenvalue weighted by atomic mass is 10.2. The standard InChI is InChI=1S/C7H7ClFNO2S/c1-4-6(9)3-2-5(8)7(4)13(10,11)12/h2-3H,1H3,(H2,10,11,12). The molecule has 1 rings (SSSR count). The Morgan fingerprint density at radius 3 is 2.38 bits per heavy atom. The van der Waals surface area contributed by atoms with Gasteiger partial charge in [0.2, 0.25) is 10.0 Å². The van der Waals surface area contributed by atoms with Gasteiger partial charge < -0.3 is 0 Å². The molecule has 0 aliphatic carbocycles. The lowest BCUT2D eigenvalue weighted by molar-refractivity contribution is 0.588. The van der Waals surface area contributed by atoms with Crippen molar-refractivity contribution in [1.29, 1.82) is 0 Å². The minimum Gasteiger partial charge on any atom is -0.225 e. The maximum Gasteiger partial charge on any atom is 0.239 e. The van der Waals surface area contributed by atoms with Gasteiger partial charge in [0.05, 0.1) is 5.02 Å². The SMILES string of the molecule is Cc1c(F)ccc(Cl)c1S(N)(=O)=O. The molecule has 0 spiro atoms. The Kier molecular flexibility index (Phi) is 2.61. The van der Waals surface area contributed by atoms with Crippen molar-refractivity contribution in [2.45, 2.75) is 11.8 Å². The first-order chi connectivity index (χ1) is 5.84. The molecule has 72 valence electrons. The zero-order valence-corrected chi connectivity index (χ0v) is 8.29. The van der Waals surface area contributed by atoms with Crippen LogP contribution in [0.2, 0.25) is 5.02 Å². The molecule has 0 aromatic heterocycles. The first-order valence-electron chi connectivity index (χ1n) is 3.31. The summed E-state index contributed by atoms with van der Waals surface area (Å²) in [7, 11) is -3.96. The van der Waals surface area contributed by atoms with Crippen molar-refractivity contribution in [2.24, 2.45) is 5.14 Å². The van der Waals surface area contributed by atoms with E-state index in [0.29, 0.717) is 0 Å². The van der Waals surface area contributed by atoms with Gasteiger partial charge in [-0.25, -0.2) is 17.9 Å². The van der Waals surface area contributed by atoms with Crippen LogP contribution < -0.4 is 5.14 Å². The van der Waals surface area contributed by atoms with Gasteiger partial charge in [-0.1, -0.05) is 11.6 Å². The Bertz CT molecular complexity index is 444. The summed E-state index contributed by atoms with van der Waals surface area (Å²) in [5.74, 6) is -0.645. The van der Waals surface area contributed by atoms with E-state index in [0.717, 1.165) is 12.1 Å². The first-order valence-corrected chi connectivity index (χ1v) is 5.24. The molecule has 0 amide bonds. The van der Waals surface area contributed by atoms with Crippen molar-refractivity contribution in [3.63, 3.8) is 0 Å². The van der Waals surface area contributed by atoms with Gasteiger partial charge in [0.1, 0.15) is 10.7 Å². The van der Waals surface area contributed by atoms with Crippen molar-refractivity contribution in [2.75, 3.05) is 0 Å². The molecule has 0 atom stereocenters. The molecule has 0 saturated carbocycles. The summed E-state index contributed by atoms with van der Waals surface area (Å²) in [6.45, 7) is 1.31. The van der Waals surface area contributed by atoms with Crippen molar-refractivity contribution in [3.8, 4) is 0 Å². The van der Waals surface area contributed by atoms with E-state index in [1.54, 1.807) is 0 Å². The van der Waals surface area contributed by atoms with E-state index < -0.39 is 15.8 Å². The summed E-state index contributed by atoms with van der Waals surface area (Å²) in [6.07, 6.45) is 0. The Morgan fingerprint density at radius 1 is 1.46 bits per heavy atom. The zero-order chi connectivity index (χ0) is 10.2. The van der Waals surface area contributed by atoms with Crippen LogP contribution in [0.3, 0.4) is 0 Å². The van der Waals surface area contributed by atoms with Gasteiger partial charge in [0.15, 0.2) is 0 Å². The highest BCUT2D eigenvalue weighted by molar-refractivity contribution is 7.89. The Balaban J connectivity index is 3.62. The van der Waals surface area contributed by atoms with Crippen molar-refractivity contribution in [1.82, 2.24) is 0 Å². The smallest absolute Gasteiger partial charge is 0.225 e. The molecule has 6 heteroatoms. The summed E-state index contributed by atoms with van der Waals surface area (Å²) in [6, 6.07) is 2.25. The van der Waals surface area contributed by atoms with Gasteiger partial charge in [-0.3, -0.25) is 0 Å². The van der Waals surface area contributed by atoms with Crippen LogP contribution >= 0.6 is 11.6 Å². The van der Waals surface area contributed by atoms with Crippen LogP contribution in [0.25, 0.3) is 0 Å². The Labute approximate surface area is 80.4 Å². The molecule has 1 aromatic rings. The molecule has 3 nitrogen and oxygen atoms in total. The number of sulfonamides is 1. The predicted octanol–water partition coefficient (Wildman–Crippen LogP) is 1.43. The summed E-state index contributed by atoms with van der Waals surface area (Å²) in [5.41, 5.74) is -0.0602. The maximum atomic E-state index is 12.9. The van der Waals surface area contributed by atoms with Crippen molar-refractivity contribution in [3.05, 3.63) is 28.5 Å². The number of rotatable bonds is 1. The summed E-state index contributed by atoms with van der Waals surface area (Å²) in [4.78, 5) is -0.353. The monoisotopic (exact) mass is 223 g/mol. The number of nitrogens with two attached hydrogens (primary N) is 1. The zero-order valence-electron chi connectivity index (χ0n) is 6.71. The Morgan fingerprint density at radius 2 is 2.00 bits per heavy atom. The van der Waals surface area contributed by atoms with Crippen LogP contribution in [0.4, 0.5) is 4.39 Å². The fourth-order valence-corrected chi connectivity index (χ4v) is 2.38. The molecule has 13 heavy (non-hydrogen) atoms. The molecule has 0 aliphatic heterocycles. The molecule has 0 unspecified atom stereocenters. The average molecular weight is 224 g/mol. The van der Waals surface area contributed by atoms with E-state index >= 15 is 0 Å². The second kappa shape index (κ2) is 3.25. The minimum atomic E-state index is -3.96. The van der Waals surface area contributed by atoms with Crippen molar-refractivity contribution >= 4 is 21.6 Å². The topological polar surface area (TPSA) is 60.2 Å². The van der Waals surface area contributed by atoms with Gasteiger partial charge in [-0.15, -0.1) is 0 Å². The van der Waals surface area contributed by atoms with E-state index in [4.69, 9.17) is 16.7 Å². The molecule has 0 heterocycles. The predicted molar refractivity (Wildman–Crippen MR) is 47.5 cm³/mol. The average Bonchev–Trinajstić information content (AvgIpc) is 1.95. The molecule has 0 aliphatic rings. The van der Waals surface area contributed by atoms with Gasteiger partial charge in [-0.05, 0) is 19.1 Å². The number of hydrogen-bond donors (Lipinski definition) is 1. The van der Waals surface area contributed by atoms with Crippen LogP contribution in [-0.2, 0) is 10.0 Å². The van der Waals surface area contributed by atoms with Gasteiger partial charge in [0.25, 0.3) is 0 Å². The van der Waals surface area contributed by atoms with Crippen LogP contribution in [-0.4, -0.2) is 8.42 Å².